The van der Waals surface area contributed by atoms with Crippen molar-refractivity contribution in [2.45, 2.75) is 51.9 Å². The van der Waals surface area contributed by atoms with Crippen LogP contribution in [0, 0.1) is 0 Å². The number of hydrogen-bond donors (Lipinski definition) is 0. The molecular weight excluding hydrogens is 426 g/mol. The van der Waals surface area contributed by atoms with Crippen LogP contribution in [0.3, 0.4) is 0 Å². The summed E-state index contributed by atoms with van der Waals surface area (Å²) in [5.74, 6) is -0.846. The molecule has 3 rings (SSSR count). The lowest BCUT2D eigenvalue weighted by atomic mass is 10.0. The molecule has 3 aromatic carbocycles. The molecule has 0 heterocycles. The SMILES string of the molecule is CC(C)(C)OC(=O)C(CCC(=O)OCc1ccccc1)N=C(c1ccccc1)c1ccccc1. The van der Waals surface area contributed by atoms with Crippen molar-refractivity contribution in [2.75, 3.05) is 0 Å². The van der Waals surface area contributed by atoms with Crippen LogP contribution in [0.2, 0.25) is 0 Å². The summed E-state index contributed by atoms with van der Waals surface area (Å²) >= 11 is 0. The molecule has 0 aliphatic carbocycles. The third-order valence-electron chi connectivity index (χ3n) is 4.92. The van der Waals surface area contributed by atoms with Crippen LogP contribution in [-0.2, 0) is 25.7 Å². The lowest BCUT2D eigenvalue weighted by Crippen LogP contribution is -2.32. The summed E-state index contributed by atoms with van der Waals surface area (Å²) in [7, 11) is 0. The highest BCUT2D eigenvalue weighted by Gasteiger charge is 2.26. The summed E-state index contributed by atoms with van der Waals surface area (Å²) in [6.45, 7) is 5.64. The van der Waals surface area contributed by atoms with E-state index >= 15 is 0 Å². The lowest BCUT2D eigenvalue weighted by Gasteiger charge is -2.23. The molecule has 176 valence electrons. The molecule has 0 saturated heterocycles. The van der Waals surface area contributed by atoms with Crippen molar-refractivity contribution in [3.63, 3.8) is 0 Å². The normalized spacial score (nSPS) is 11.9. The number of aliphatic imine (C=N–C) groups is 1. The highest BCUT2D eigenvalue weighted by atomic mass is 16.6. The van der Waals surface area contributed by atoms with Crippen molar-refractivity contribution in [1.29, 1.82) is 0 Å². The zero-order chi connectivity index (χ0) is 24.4. The minimum Gasteiger partial charge on any atom is -0.461 e. The van der Waals surface area contributed by atoms with Gasteiger partial charge in [0.25, 0.3) is 0 Å². The molecule has 34 heavy (non-hydrogen) atoms. The maximum absolute atomic E-state index is 13.1. The van der Waals surface area contributed by atoms with Gasteiger partial charge in [-0.2, -0.15) is 0 Å². The van der Waals surface area contributed by atoms with E-state index < -0.39 is 17.6 Å². The molecule has 0 fully saturated rings. The lowest BCUT2D eigenvalue weighted by molar-refractivity contribution is -0.156. The van der Waals surface area contributed by atoms with Crippen molar-refractivity contribution in [3.05, 3.63) is 108 Å². The Morgan fingerprint density at radius 2 is 1.29 bits per heavy atom. The highest BCUT2D eigenvalue weighted by molar-refractivity contribution is 6.13. The predicted octanol–water partition coefficient (Wildman–Crippen LogP) is 5.76. The molecule has 0 bridgehead atoms. The molecule has 3 aromatic rings. The first kappa shape index (κ1) is 24.9. The van der Waals surface area contributed by atoms with Gasteiger partial charge in [-0.15, -0.1) is 0 Å². The van der Waals surface area contributed by atoms with E-state index in [2.05, 4.69) is 0 Å². The van der Waals surface area contributed by atoms with E-state index in [0.717, 1.165) is 16.7 Å². The molecule has 0 aromatic heterocycles. The third-order valence-corrected chi connectivity index (χ3v) is 4.92. The minimum atomic E-state index is -0.848. The van der Waals surface area contributed by atoms with Crippen molar-refractivity contribution in [1.82, 2.24) is 0 Å². The summed E-state index contributed by atoms with van der Waals surface area (Å²) in [5.41, 5.74) is 2.68. The first-order valence-corrected chi connectivity index (χ1v) is 11.4. The molecular formula is C29H31NO4. The molecule has 0 aliphatic rings. The minimum absolute atomic E-state index is 0.0527. The van der Waals surface area contributed by atoms with E-state index in [1.165, 1.54) is 0 Å². The molecule has 0 amide bonds. The fourth-order valence-electron chi connectivity index (χ4n) is 3.33. The van der Waals surface area contributed by atoms with Gasteiger partial charge in [0.2, 0.25) is 0 Å². The second kappa shape index (κ2) is 11.9. The van der Waals surface area contributed by atoms with Crippen LogP contribution < -0.4 is 0 Å². The molecule has 1 atom stereocenters. The Morgan fingerprint density at radius 3 is 1.79 bits per heavy atom. The van der Waals surface area contributed by atoms with Gasteiger partial charge in [0.05, 0.1) is 5.71 Å². The Balaban J connectivity index is 1.82. The van der Waals surface area contributed by atoms with Crippen LogP contribution in [-0.4, -0.2) is 29.3 Å². The number of carbonyl (C=O) groups is 2. The van der Waals surface area contributed by atoms with Gasteiger partial charge >= 0.3 is 11.9 Å². The van der Waals surface area contributed by atoms with Crippen molar-refractivity contribution in [3.8, 4) is 0 Å². The zero-order valence-electron chi connectivity index (χ0n) is 19.9. The summed E-state index contributed by atoms with van der Waals surface area (Å²) in [6, 6.07) is 28.0. The zero-order valence-corrected chi connectivity index (χ0v) is 19.9. The second-order valence-electron chi connectivity index (χ2n) is 8.94. The number of rotatable bonds is 9. The van der Waals surface area contributed by atoms with Gasteiger partial charge in [0.1, 0.15) is 18.2 Å². The first-order chi connectivity index (χ1) is 16.3. The fourth-order valence-corrected chi connectivity index (χ4v) is 3.33. The van der Waals surface area contributed by atoms with Crippen LogP contribution in [0.1, 0.15) is 50.3 Å². The van der Waals surface area contributed by atoms with Crippen molar-refractivity contribution >= 4 is 17.7 Å². The van der Waals surface area contributed by atoms with E-state index in [4.69, 9.17) is 14.5 Å². The number of benzene rings is 3. The summed E-state index contributed by atoms with van der Waals surface area (Å²) in [5, 5.41) is 0. The summed E-state index contributed by atoms with van der Waals surface area (Å²) in [4.78, 5) is 30.3. The second-order valence-corrected chi connectivity index (χ2v) is 8.94. The Bertz CT molecular complexity index is 1050. The fraction of sp³-hybridized carbons (Fsp3) is 0.276. The molecule has 5 nitrogen and oxygen atoms in total. The summed E-state index contributed by atoms with van der Waals surface area (Å²) in [6.07, 6.45) is 0.239. The Labute approximate surface area is 201 Å². The molecule has 1 unspecified atom stereocenters. The number of hydrogen-bond acceptors (Lipinski definition) is 5. The molecule has 0 saturated carbocycles. The Hall–Kier alpha value is -3.73. The van der Waals surface area contributed by atoms with Crippen LogP contribution >= 0.6 is 0 Å². The smallest absolute Gasteiger partial charge is 0.331 e. The first-order valence-electron chi connectivity index (χ1n) is 11.4. The van der Waals surface area contributed by atoms with E-state index in [1.807, 2.05) is 112 Å². The van der Waals surface area contributed by atoms with E-state index in [9.17, 15) is 9.59 Å². The monoisotopic (exact) mass is 457 g/mol. The van der Waals surface area contributed by atoms with Crippen LogP contribution in [0.5, 0.6) is 0 Å². The largest absolute Gasteiger partial charge is 0.461 e. The van der Waals surface area contributed by atoms with Gasteiger partial charge in [0, 0.05) is 17.5 Å². The van der Waals surface area contributed by atoms with Crippen LogP contribution in [0.25, 0.3) is 0 Å². The highest BCUT2D eigenvalue weighted by Crippen LogP contribution is 2.18. The van der Waals surface area contributed by atoms with Gasteiger partial charge < -0.3 is 9.47 Å². The number of ether oxygens (including phenoxy) is 2. The van der Waals surface area contributed by atoms with Crippen molar-refractivity contribution in [2.24, 2.45) is 4.99 Å². The topological polar surface area (TPSA) is 65.0 Å². The average Bonchev–Trinajstić information content (AvgIpc) is 2.83. The molecule has 0 aliphatic heterocycles. The Kier molecular flexibility index (Phi) is 8.74. The number of esters is 2. The maximum atomic E-state index is 13.1. The van der Waals surface area contributed by atoms with Gasteiger partial charge in [-0.3, -0.25) is 9.79 Å². The quantitative estimate of drug-likeness (QED) is 0.303. The van der Waals surface area contributed by atoms with Crippen LogP contribution in [0.4, 0.5) is 0 Å². The van der Waals surface area contributed by atoms with Gasteiger partial charge in [0.15, 0.2) is 0 Å². The molecule has 0 spiro atoms. The Morgan fingerprint density at radius 1 is 0.794 bits per heavy atom. The van der Waals surface area contributed by atoms with Gasteiger partial charge in [-0.05, 0) is 32.8 Å². The summed E-state index contributed by atoms with van der Waals surface area (Å²) < 4.78 is 11.0. The predicted molar refractivity (Wildman–Crippen MR) is 134 cm³/mol. The maximum Gasteiger partial charge on any atom is 0.331 e. The van der Waals surface area contributed by atoms with Crippen molar-refractivity contribution < 1.29 is 19.1 Å². The molecule has 0 radical (unpaired) electrons. The van der Waals surface area contributed by atoms with E-state index in [1.54, 1.807) is 0 Å². The standard InChI is InChI=1S/C29H31NO4/c1-29(2,3)34-28(32)25(19-20-26(31)33-21-22-13-7-4-8-14-22)30-27(23-15-9-5-10-16-23)24-17-11-6-12-18-24/h4-18,25H,19-21H2,1-3H3. The van der Waals surface area contributed by atoms with Gasteiger partial charge in [-0.25, -0.2) is 4.79 Å². The van der Waals surface area contributed by atoms with E-state index in [0.29, 0.717) is 5.71 Å². The third kappa shape index (κ3) is 8.00. The van der Waals surface area contributed by atoms with E-state index in [-0.39, 0.29) is 25.4 Å². The number of carbonyl (C=O) groups excluding carboxylic acids is 2. The molecule has 0 N–H and O–H groups in total. The van der Waals surface area contributed by atoms with Crippen LogP contribution in [0.15, 0.2) is 96.0 Å². The number of nitrogens with zero attached hydrogens (tertiary/aromatic N) is 1. The van der Waals surface area contributed by atoms with Gasteiger partial charge in [-0.1, -0.05) is 91.0 Å². The molecule has 5 heteroatoms. The average molecular weight is 458 g/mol.